The third-order valence-electron chi connectivity index (χ3n) is 3.84. The van der Waals surface area contributed by atoms with E-state index in [4.69, 9.17) is 16.7 Å². The maximum absolute atomic E-state index is 13.9. The monoisotopic (exact) mass is 428 g/mol. The summed E-state index contributed by atoms with van der Waals surface area (Å²) in [6.07, 6.45) is -0.655. The molecule has 0 radical (unpaired) electrons. The summed E-state index contributed by atoms with van der Waals surface area (Å²) < 4.78 is 41.1. The first-order chi connectivity index (χ1) is 13.3. The lowest BCUT2D eigenvalue weighted by Crippen LogP contribution is -2.30. The van der Waals surface area contributed by atoms with E-state index in [1.807, 2.05) is 0 Å². The number of anilines is 1. The molecule has 0 aliphatic heterocycles. The number of rotatable bonds is 6. The Morgan fingerprint density at radius 1 is 1.11 bits per heavy atom. The Morgan fingerprint density at radius 3 is 2.43 bits per heavy atom. The largest absolute Gasteiger partial charge is 0.481 e. The van der Waals surface area contributed by atoms with Crippen molar-refractivity contribution >= 4 is 50.7 Å². The number of hydrogen-bond acceptors (Lipinski definition) is 4. The SMILES string of the molecule is O=C(O)CCC(=O)N(Cc1nc2c(F)c(F)cc(F)c2s1)c1ccc(Cl)cc1. The van der Waals surface area contributed by atoms with Crippen LogP contribution in [-0.4, -0.2) is 22.0 Å². The Labute approximate surface area is 166 Å². The third kappa shape index (κ3) is 4.26. The molecular formula is C18H12ClF3N2O3S. The second-order valence-corrected chi connectivity index (χ2v) is 7.31. The zero-order chi connectivity index (χ0) is 20.4. The molecule has 5 nitrogen and oxygen atoms in total. The predicted octanol–water partition coefficient (Wildman–Crippen LogP) is 4.77. The Hall–Kier alpha value is -2.65. The molecule has 1 amide bonds. The van der Waals surface area contributed by atoms with E-state index in [1.54, 1.807) is 24.3 Å². The number of halogens is 4. The number of amides is 1. The fraction of sp³-hybridized carbons (Fsp3) is 0.167. The highest BCUT2D eigenvalue weighted by Crippen LogP contribution is 2.30. The number of nitrogens with zero attached hydrogens (tertiary/aromatic N) is 2. The van der Waals surface area contributed by atoms with Gasteiger partial charge in [0.25, 0.3) is 0 Å². The van der Waals surface area contributed by atoms with Gasteiger partial charge in [-0.1, -0.05) is 11.6 Å². The van der Waals surface area contributed by atoms with Crippen molar-refractivity contribution in [2.75, 3.05) is 4.90 Å². The van der Waals surface area contributed by atoms with Crippen LogP contribution in [0.2, 0.25) is 5.02 Å². The molecule has 0 atom stereocenters. The molecule has 0 saturated heterocycles. The molecule has 0 saturated carbocycles. The number of benzene rings is 2. The minimum Gasteiger partial charge on any atom is -0.481 e. The lowest BCUT2D eigenvalue weighted by atomic mass is 10.2. The predicted molar refractivity (Wildman–Crippen MR) is 99.0 cm³/mol. The van der Waals surface area contributed by atoms with Crippen molar-refractivity contribution < 1.29 is 27.9 Å². The molecule has 146 valence electrons. The van der Waals surface area contributed by atoms with Gasteiger partial charge in [-0.2, -0.15) is 0 Å². The van der Waals surface area contributed by atoms with Gasteiger partial charge >= 0.3 is 5.97 Å². The van der Waals surface area contributed by atoms with Crippen LogP contribution in [0.25, 0.3) is 10.2 Å². The van der Waals surface area contributed by atoms with Crippen molar-refractivity contribution in [2.45, 2.75) is 19.4 Å². The average molecular weight is 429 g/mol. The molecule has 3 aromatic rings. The Kier molecular flexibility index (Phi) is 5.85. The van der Waals surface area contributed by atoms with Crippen molar-refractivity contribution in [3.63, 3.8) is 0 Å². The Balaban J connectivity index is 1.97. The summed E-state index contributed by atoms with van der Waals surface area (Å²) in [5, 5.41) is 9.40. The van der Waals surface area contributed by atoms with Crippen LogP contribution in [-0.2, 0) is 16.1 Å². The molecule has 1 heterocycles. The summed E-state index contributed by atoms with van der Waals surface area (Å²) in [5.41, 5.74) is -0.0438. The van der Waals surface area contributed by atoms with E-state index in [0.29, 0.717) is 16.8 Å². The van der Waals surface area contributed by atoms with Crippen LogP contribution in [0.4, 0.5) is 18.9 Å². The second-order valence-electron chi connectivity index (χ2n) is 5.79. The van der Waals surface area contributed by atoms with Gasteiger partial charge in [-0.15, -0.1) is 11.3 Å². The second kappa shape index (κ2) is 8.15. The third-order valence-corrected chi connectivity index (χ3v) is 5.15. The van der Waals surface area contributed by atoms with E-state index in [2.05, 4.69) is 4.98 Å². The number of hydrogen-bond donors (Lipinski definition) is 1. The van der Waals surface area contributed by atoms with Crippen molar-refractivity contribution in [3.05, 3.63) is 57.8 Å². The van der Waals surface area contributed by atoms with Crippen LogP contribution >= 0.6 is 22.9 Å². The molecule has 0 fully saturated rings. The van der Waals surface area contributed by atoms with Crippen molar-refractivity contribution in [1.82, 2.24) is 4.98 Å². The first-order valence-corrected chi connectivity index (χ1v) is 9.16. The molecule has 2 aromatic carbocycles. The van der Waals surface area contributed by atoms with Gasteiger partial charge < -0.3 is 10.0 Å². The van der Waals surface area contributed by atoms with Gasteiger partial charge in [0.05, 0.1) is 17.7 Å². The fourth-order valence-corrected chi connectivity index (χ4v) is 3.61. The first-order valence-electron chi connectivity index (χ1n) is 7.97. The summed E-state index contributed by atoms with van der Waals surface area (Å²) >= 11 is 6.64. The molecular weight excluding hydrogens is 417 g/mol. The summed E-state index contributed by atoms with van der Waals surface area (Å²) in [7, 11) is 0. The Morgan fingerprint density at radius 2 is 1.79 bits per heavy atom. The fourth-order valence-electron chi connectivity index (χ4n) is 2.52. The first kappa shape index (κ1) is 20.1. The maximum atomic E-state index is 13.9. The minimum atomic E-state index is -1.35. The highest BCUT2D eigenvalue weighted by Gasteiger charge is 2.22. The molecule has 0 bridgehead atoms. The number of carbonyl (C=O) groups is 2. The lowest BCUT2D eigenvalue weighted by molar-refractivity contribution is -0.138. The molecule has 10 heteroatoms. The number of aliphatic carboxylic acids is 1. The number of carbonyl (C=O) groups excluding carboxylic acids is 1. The van der Waals surface area contributed by atoms with Gasteiger partial charge in [-0.3, -0.25) is 9.59 Å². The van der Waals surface area contributed by atoms with E-state index in [-0.39, 0.29) is 29.1 Å². The molecule has 0 aliphatic carbocycles. The maximum Gasteiger partial charge on any atom is 0.303 e. The molecule has 0 spiro atoms. The highest BCUT2D eigenvalue weighted by molar-refractivity contribution is 7.18. The van der Waals surface area contributed by atoms with Crippen molar-refractivity contribution in [3.8, 4) is 0 Å². The van der Waals surface area contributed by atoms with Gasteiger partial charge in [0.15, 0.2) is 11.6 Å². The molecule has 1 aromatic heterocycles. The van der Waals surface area contributed by atoms with Gasteiger partial charge in [0.1, 0.15) is 16.3 Å². The van der Waals surface area contributed by atoms with Gasteiger partial charge in [0.2, 0.25) is 5.91 Å². The van der Waals surface area contributed by atoms with Crippen molar-refractivity contribution in [1.29, 1.82) is 0 Å². The molecule has 28 heavy (non-hydrogen) atoms. The molecule has 1 N–H and O–H groups in total. The van der Waals surface area contributed by atoms with Gasteiger partial charge in [0, 0.05) is 23.2 Å². The number of carboxylic acids is 1. The van der Waals surface area contributed by atoms with Crippen LogP contribution in [0.1, 0.15) is 17.8 Å². The van der Waals surface area contributed by atoms with E-state index in [0.717, 1.165) is 11.3 Å². The van der Waals surface area contributed by atoms with Gasteiger partial charge in [-0.05, 0) is 24.3 Å². The molecule has 0 aliphatic rings. The number of aromatic nitrogens is 1. The van der Waals surface area contributed by atoms with E-state index in [1.165, 1.54) is 4.90 Å². The highest BCUT2D eigenvalue weighted by atomic mass is 35.5. The summed E-state index contributed by atoms with van der Waals surface area (Å²) in [5.74, 6) is -5.23. The summed E-state index contributed by atoms with van der Waals surface area (Å²) in [4.78, 5) is 28.5. The van der Waals surface area contributed by atoms with E-state index in [9.17, 15) is 22.8 Å². The average Bonchev–Trinajstić information content (AvgIpc) is 3.08. The molecule has 3 rings (SSSR count). The van der Waals surface area contributed by atoms with Crippen LogP contribution < -0.4 is 4.90 Å². The minimum absolute atomic E-state index is 0.164. The zero-order valence-electron chi connectivity index (χ0n) is 14.1. The van der Waals surface area contributed by atoms with Gasteiger partial charge in [-0.25, -0.2) is 18.2 Å². The Bertz CT molecular complexity index is 1060. The van der Waals surface area contributed by atoms with Crippen LogP contribution in [0.15, 0.2) is 30.3 Å². The summed E-state index contributed by atoms with van der Waals surface area (Å²) in [6, 6.07) is 6.63. The topological polar surface area (TPSA) is 70.5 Å². The normalized spacial score (nSPS) is 11.0. The van der Waals surface area contributed by atoms with Crippen LogP contribution in [0.5, 0.6) is 0 Å². The zero-order valence-corrected chi connectivity index (χ0v) is 15.7. The van der Waals surface area contributed by atoms with E-state index < -0.39 is 34.8 Å². The lowest BCUT2D eigenvalue weighted by Gasteiger charge is -2.21. The van der Waals surface area contributed by atoms with Crippen LogP contribution in [0, 0.1) is 17.5 Å². The van der Waals surface area contributed by atoms with Crippen molar-refractivity contribution in [2.24, 2.45) is 0 Å². The standard InChI is InChI=1S/C18H12ClF3N2O3S/c19-9-1-3-10(4-2-9)24(14(25)5-6-15(26)27)8-13-23-17-16(22)11(20)7-12(21)18(17)28-13/h1-4,7H,5-6,8H2,(H,26,27). The van der Waals surface area contributed by atoms with E-state index >= 15 is 0 Å². The number of fused-ring (bicyclic) bond motifs is 1. The number of thiazole rings is 1. The molecule has 0 unspecified atom stereocenters. The quantitative estimate of drug-likeness (QED) is 0.574. The smallest absolute Gasteiger partial charge is 0.303 e. The summed E-state index contributed by atoms with van der Waals surface area (Å²) in [6.45, 7) is -0.167. The van der Waals surface area contributed by atoms with Crippen LogP contribution in [0.3, 0.4) is 0 Å². The number of carboxylic acid groups (broad SMARTS) is 1.